The smallest absolute Gasteiger partial charge is 0.277 e. The van der Waals surface area contributed by atoms with Crippen molar-refractivity contribution in [1.82, 2.24) is 15.5 Å². The van der Waals surface area contributed by atoms with E-state index < -0.39 is 0 Å². The number of aryl methyl sites for hydroxylation is 1. The first kappa shape index (κ1) is 19.5. The highest BCUT2D eigenvalue weighted by Gasteiger charge is 2.12. The van der Waals surface area contributed by atoms with E-state index in [9.17, 15) is 4.79 Å². The van der Waals surface area contributed by atoms with Crippen molar-refractivity contribution < 1.29 is 9.21 Å². The topological polar surface area (TPSA) is 68.0 Å². The Labute approximate surface area is 167 Å². The molecule has 1 heterocycles. The summed E-state index contributed by atoms with van der Waals surface area (Å²) in [5.74, 6) is 2.54. The van der Waals surface area contributed by atoms with Gasteiger partial charge in [0.15, 0.2) is 0 Å². The molecule has 2 aromatic carbocycles. The summed E-state index contributed by atoms with van der Waals surface area (Å²) in [5, 5.41) is 11.4. The molecular weight excluding hydrogens is 378 g/mol. The van der Waals surface area contributed by atoms with Gasteiger partial charge in [-0.3, -0.25) is 4.79 Å². The van der Waals surface area contributed by atoms with Crippen molar-refractivity contribution in [2.45, 2.75) is 17.9 Å². The number of benzene rings is 2. The highest BCUT2D eigenvalue weighted by molar-refractivity contribution is 7.99. The van der Waals surface area contributed by atoms with Crippen LogP contribution in [0.2, 0.25) is 0 Å². The standard InChI is InChI=1S/C20H21N3O2S2/c1-15-7-5-6-10-17(15)19-22-23-20(25-19)27-14-18(24)21-11-12-26-13-16-8-3-2-4-9-16/h2-10H,11-14H2,1H3,(H,21,24). The number of hydrogen-bond acceptors (Lipinski definition) is 6. The van der Waals surface area contributed by atoms with E-state index >= 15 is 0 Å². The number of carbonyl (C=O) groups is 1. The number of aromatic nitrogens is 2. The Hall–Kier alpha value is -2.25. The molecule has 0 bridgehead atoms. The van der Waals surface area contributed by atoms with Crippen LogP contribution in [-0.2, 0) is 10.5 Å². The van der Waals surface area contributed by atoms with E-state index in [-0.39, 0.29) is 11.7 Å². The molecule has 0 fully saturated rings. The molecule has 0 aliphatic carbocycles. The first-order chi connectivity index (χ1) is 13.2. The molecule has 140 valence electrons. The van der Waals surface area contributed by atoms with Gasteiger partial charge < -0.3 is 9.73 Å². The summed E-state index contributed by atoms with van der Waals surface area (Å²) in [7, 11) is 0. The van der Waals surface area contributed by atoms with Gasteiger partial charge >= 0.3 is 0 Å². The van der Waals surface area contributed by atoms with E-state index in [0.29, 0.717) is 17.7 Å². The maximum atomic E-state index is 11.9. The summed E-state index contributed by atoms with van der Waals surface area (Å²) in [6.07, 6.45) is 0. The fraction of sp³-hybridized carbons (Fsp3) is 0.250. The lowest BCUT2D eigenvalue weighted by molar-refractivity contribution is -0.118. The van der Waals surface area contributed by atoms with Gasteiger partial charge in [-0.25, -0.2) is 0 Å². The molecule has 1 N–H and O–H groups in total. The van der Waals surface area contributed by atoms with E-state index in [1.807, 2.05) is 49.4 Å². The summed E-state index contributed by atoms with van der Waals surface area (Å²) < 4.78 is 5.65. The number of amides is 1. The number of thioether (sulfide) groups is 2. The molecule has 5 nitrogen and oxygen atoms in total. The van der Waals surface area contributed by atoms with Gasteiger partial charge in [-0.2, -0.15) is 11.8 Å². The van der Waals surface area contributed by atoms with E-state index in [4.69, 9.17) is 4.42 Å². The van der Waals surface area contributed by atoms with Crippen molar-refractivity contribution >= 4 is 29.4 Å². The summed E-state index contributed by atoms with van der Waals surface area (Å²) in [5.41, 5.74) is 3.28. The number of rotatable bonds is 9. The van der Waals surface area contributed by atoms with Gasteiger partial charge in [0.25, 0.3) is 5.22 Å². The van der Waals surface area contributed by atoms with Crippen LogP contribution in [0.1, 0.15) is 11.1 Å². The molecule has 27 heavy (non-hydrogen) atoms. The SMILES string of the molecule is Cc1ccccc1-c1nnc(SCC(=O)NCCSCc2ccccc2)o1. The first-order valence-electron chi connectivity index (χ1n) is 8.63. The summed E-state index contributed by atoms with van der Waals surface area (Å²) in [6.45, 7) is 2.64. The fourth-order valence-corrected chi connectivity index (χ4v) is 3.81. The largest absolute Gasteiger partial charge is 0.411 e. The molecule has 7 heteroatoms. The van der Waals surface area contributed by atoms with Crippen LogP contribution in [-0.4, -0.2) is 34.2 Å². The minimum atomic E-state index is -0.0315. The lowest BCUT2D eigenvalue weighted by atomic mass is 10.1. The van der Waals surface area contributed by atoms with Crippen LogP contribution in [0.3, 0.4) is 0 Å². The second-order valence-electron chi connectivity index (χ2n) is 5.86. The van der Waals surface area contributed by atoms with Crippen LogP contribution in [0.25, 0.3) is 11.5 Å². The van der Waals surface area contributed by atoms with Gasteiger partial charge in [-0.1, -0.05) is 60.3 Å². The molecule has 0 saturated carbocycles. The molecule has 1 aromatic heterocycles. The average molecular weight is 400 g/mol. The zero-order valence-corrected chi connectivity index (χ0v) is 16.7. The monoisotopic (exact) mass is 399 g/mol. The van der Waals surface area contributed by atoms with Crippen LogP contribution in [0, 0.1) is 6.92 Å². The molecule has 0 aliphatic heterocycles. The third-order valence-corrected chi connectivity index (χ3v) is 5.64. The summed E-state index contributed by atoms with van der Waals surface area (Å²) >= 11 is 3.05. The summed E-state index contributed by atoms with van der Waals surface area (Å²) in [6, 6.07) is 18.1. The maximum absolute atomic E-state index is 11.9. The van der Waals surface area contributed by atoms with Crippen molar-refractivity contribution in [3.8, 4) is 11.5 Å². The van der Waals surface area contributed by atoms with Crippen molar-refractivity contribution in [2.75, 3.05) is 18.1 Å². The van der Waals surface area contributed by atoms with Crippen LogP contribution in [0.15, 0.2) is 64.2 Å². The van der Waals surface area contributed by atoms with E-state index in [1.54, 1.807) is 11.8 Å². The zero-order valence-electron chi connectivity index (χ0n) is 15.1. The number of hydrogen-bond donors (Lipinski definition) is 1. The van der Waals surface area contributed by atoms with Crippen molar-refractivity contribution in [3.05, 3.63) is 65.7 Å². The summed E-state index contributed by atoms with van der Waals surface area (Å²) in [4.78, 5) is 11.9. The third kappa shape index (κ3) is 6.15. The molecule has 0 atom stereocenters. The molecule has 1 amide bonds. The molecule has 0 unspecified atom stereocenters. The normalized spacial score (nSPS) is 10.7. The second kappa shape index (κ2) is 10.2. The Bertz CT molecular complexity index is 868. The average Bonchev–Trinajstić information content (AvgIpc) is 3.16. The van der Waals surface area contributed by atoms with Gasteiger partial charge in [-0.05, 0) is 24.1 Å². The minimum absolute atomic E-state index is 0.0315. The molecule has 0 radical (unpaired) electrons. The van der Waals surface area contributed by atoms with E-state index in [2.05, 4.69) is 27.6 Å². The maximum Gasteiger partial charge on any atom is 0.277 e. The predicted octanol–water partition coefficient (Wildman–Crippen LogP) is 4.19. The molecule has 0 saturated heterocycles. The van der Waals surface area contributed by atoms with Crippen molar-refractivity contribution in [3.63, 3.8) is 0 Å². The molecular formula is C20H21N3O2S2. The highest BCUT2D eigenvalue weighted by Crippen LogP contribution is 2.25. The quantitative estimate of drug-likeness (QED) is 0.430. The Morgan fingerprint density at radius 2 is 1.85 bits per heavy atom. The number of nitrogens with one attached hydrogen (secondary N) is 1. The van der Waals surface area contributed by atoms with Crippen LogP contribution in [0.5, 0.6) is 0 Å². The number of nitrogens with zero attached hydrogens (tertiary/aromatic N) is 2. The predicted molar refractivity (Wildman–Crippen MR) is 111 cm³/mol. The zero-order chi connectivity index (χ0) is 18.9. The van der Waals surface area contributed by atoms with Crippen LogP contribution >= 0.6 is 23.5 Å². The Kier molecular flexibility index (Phi) is 7.36. The van der Waals surface area contributed by atoms with Crippen LogP contribution < -0.4 is 5.32 Å². The lowest BCUT2D eigenvalue weighted by Gasteiger charge is -2.04. The first-order valence-corrected chi connectivity index (χ1v) is 10.8. The van der Waals surface area contributed by atoms with Gasteiger partial charge in [0, 0.05) is 23.6 Å². The molecule has 3 aromatic rings. The fourth-order valence-electron chi connectivity index (χ4n) is 2.39. The molecule has 0 spiro atoms. The van der Waals surface area contributed by atoms with Crippen molar-refractivity contribution in [1.29, 1.82) is 0 Å². The minimum Gasteiger partial charge on any atom is -0.411 e. The van der Waals surface area contributed by atoms with Gasteiger partial charge in [0.05, 0.1) is 5.75 Å². The number of carbonyl (C=O) groups excluding carboxylic acids is 1. The Morgan fingerprint density at radius 1 is 1.07 bits per heavy atom. The highest BCUT2D eigenvalue weighted by atomic mass is 32.2. The molecule has 3 rings (SSSR count). The van der Waals surface area contributed by atoms with E-state index in [1.165, 1.54) is 17.3 Å². The van der Waals surface area contributed by atoms with Gasteiger partial charge in [0.2, 0.25) is 11.8 Å². The Balaban J connectivity index is 1.35. The third-order valence-electron chi connectivity index (χ3n) is 3.79. The second-order valence-corrected chi connectivity index (χ2v) is 7.90. The van der Waals surface area contributed by atoms with Gasteiger partial charge in [0.1, 0.15) is 0 Å². The van der Waals surface area contributed by atoms with Crippen LogP contribution in [0.4, 0.5) is 0 Å². The Morgan fingerprint density at radius 3 is 2.67 bits per heavy atom. The van der Waals surface area contributed by atoms with E-state index in [0.717, 1.165) is 22.6 Å². The molecule has 0 aliphatic rings. The van der Waals surface area contributed by atoms with Gasteiger partial charge in [-0.15, -0.1) is 10.2 Å². The lowest BCUT2D eigenvalue weighted by Crippen LogP contribution is -2.27. The van der Waals surface area contributed by atoms with Crippen molar-refractivity contribution in [2.24, 2.45) is 0 Å².